The highest BCUT2D eigenvalue weighted by Gasteiger charge is 2.13. The molecule has 0 saturated heterocycles. The monoisotopic (exact) mass is 375 g/mol. The van der Waals surface area contributed by atoms with E-state index in [0.717, 1.165) is 12.5 Å². The van der Waals surface area contributed by atoms with Crippen molar-refractivity contribution >= 4 is 44.9 Å². The lowest BCUT2D eigenvalue weighted by Crippen LogP contribution is -2.07. The third kappa shape index (κ3) is 3.83. The van der Waals surface area contributed by atoms with Crippen LogP contribution in [-0.4, -0.2) is 11.5 Å². The zero-order valence-electron chi connectivity index (χ0n) is 11.2. The fraction of sp³-hybridized carbons (Fsp3) is 0.214. The molecule has 2 aromatic rings. The molecule has 7 heteroatoms. The van der Waals surface area contributed by atoms with Crippen LogP contribution >= 0.6 is 27.5 Å². The van der Waals surface area contributed by atoms with Gasteiger partial charge in [0.05, 0.1) is 15.2 Å². The van der Waals surface area contributed by atoms with Crippen molar-refractivity contribution in [1.29, 1.82) is 0 Å². The molecular formula is C14H13BrClF2N3. The smallest absolute Gasteiger partial charge is 0.169 e. The molecule has 0 radical (unpaired) electrons. The SMILES string of the molecule is CCCNc1nc(Nc2cccc(Cl)c2Br)c(F)cc1F. The van der Waals surface area contributed by atoms with Crippen molar-refractivity contribution in [3.8, 4) is 0 Å². The van der Waals surface area contributed by atoms with Gasteiger partial charge in [0.15, 0.2) is 23.3 Å². The molecule has 0 bridgehead atoms. The lowest BCUT2D eigenvalue weighted by molar-refractivity contribution is 0.579. The van der Waals surface area contributed by atoms with Gasteiger partial charge in [-0.1, -0.05) is 24.6 Å². The molecule has 0 amide bonds. The second-order valence-corrected chi connectivity index (χ2v) is 5.50. The van der Waals surface area contributed by atoms with Crippen LogP contribution in [0.25, 0.3) is 0 Å². The molecule has 1 aromatic heterocycles. The van der Waals surface area contributed by atoms with Gasteiger partial charge in [-0.2, -0.15) is 0 Å². The predicted octanol–water partition coefficient (Wildman–Crippen LogP) is 5.34. The number of aromatic nitrogens is 1. The predicted molar refractivity (Wildman–Crippen MR) is 85.4 cm³/mol. The van der Waals surface area contributed by atoms with Crippen molar-refractivity contribution in [2.75, 3.05) is 17.2 Å². The largest absolute Gasteiger partial charge is 0.368 e. The third-order valence-electron chi connectivity index (χ3n) is 2.68. The first-order valence-corrected chi connectivity index (χ1v) is 7.51. The van der Waals surface area contributed by atoms with Crippen LogP contribution in [0, 0.1) is 11.6 Å². The van der Waals surface area contributed by atoms with E-state index in [4.69, 9.17) is 11.6 Å². The van der Waals surface area contributed by atoms with Crippen molar-refractivity contribution in [3.05, 3.63) is 45.4 Å². The first-order valence-electron chi connectivity index (χ1n) is 6.34. The number of nitrogens with zero attached hydrogens (tertiary/aromatic N) is 1. The molecule has 0 spiro atoms. The summed E-state index contributed by atoms with van der Waals surface area (Å²) < 4.78 is 28.0. The standard InChI is InChI=1S/C14H13BrClF2N3/c1-2-6-19-13-9(17)7-10(18)14(21-13)20-11-5-3-4-8(16)12(11)15/h3-5,7H,2,6H2,1H3,(H2,19,20,21). The molecule has 1 aromatic carbocycles. The first kappa shape index (κ1) is 16.0. The van der Waals surface area contributed by atoms with Crippen LogP contribution < -0.4 is 10.6 Å². The lowest BCUT2D eigenvalue weighted by Gasteiger charge is -2.12. The second-order valence-electron chi connectivity index (χ2n) is 4.30. The fourth-order valence-electron chi connectivity index (χ4n) is 1.65. The van der Waals surface area contributed by atoms with Crippen LogP contribution in [0.5, 0.6) is 0 Å². The van der Waals surface area contributed by atoms with Crippen LogP contribution in [0.15, 0.2) is 28.7 Å². The number of anilines is 3. The molecule has 0 aliphatic heterocycles. The molecule has 0 aliphatic rings. The van der Waals surface area contributed by atoms with E-state index in [9.17, 15) is 8.78 Å². The van der Waals surface area contributed by atoms with Crippen molar-refractivity contribution in [2.45, 2.75) is 13.3 Å². The Labute approximate surface area is 134 Å². The topological polar surface area (TPSA) is 37.0 Å². The number of halogens is 4. The molecule has 21 heavy (non-hydrogen) atoms. The van der Waals surface area contributed by atoms with Crippen molar-refractivity contribution in [2.24, 2.45) is 0 Å². The minimum atomic E-state index is -0.776. The van der Waals surface area contributed by atoms with Gasteiger partial charge in [-0.05, 0) is 34.5 Å². The molecule has 0 aliphatic carbocycles. The van der Waals surface area contributed by atoms with E-state index < -0.39 is 11.6 Å². The highest BCUT2D eigenvalue weighted by Crippen LogP contribution is 2.32. The van der Waals surface area contributed by atoms with Gasteiger partial charge in [-0.25, -0.2) is 13.8 Å². The van der Waals surface area contributed by atoms with Crippen molar-refractivity contribution < 1.29 is 8.78 Å². The Hall–Kier alpha value is -1.40. The average molecular weight is 377 g/mol. The van der Waals surface area contributed by atoms with E-state index in [1.807, 2.05) is 6.92 Å². The molecule has 0 saturated carbocycles. The van der Waals surface area contributed by atoms with Gasteiger partial charge in [0.25, 0.3) is 0 Å². The van der Waals surface area contributed by atoms with Crippen molar-refractivity contribution in [1.82, 2.24) is 4.98 Å². The number of pyridine rings is 1. The van der Waals surface area contributed by atoms with Crippen LogP contribution in [-0.2, 0) is 0 Å². The van der Waals surface area contributed by atoms with Crippen molar-refractivity contribution in [3.63, 3.8) is 0 Å². The molecule has 3 nitrogen and oxygen atoms in total. The molecule has 2 rings (SSSR count). The van der Waals surface area contributed by atoms with Gasteiger partial charge in [0, 0.05) is 12.6 Å². The Morgan fingerprint density at radius 2 is 1.95 bits per heavy atom. The number of benzene rings is 1. The van der Waals surface area contributed by atoms with Crippen LogP contribution in [0.1, 0.15) is 13.3 Å². The average Bonchev–Trinajstić information content (AvgIpc) is 2.45. The summed E-state index contributed by atoms with van der Waals surface area (Å²) >= 11 is 9.27. The Bertz CT molecular complexity index is 652. The normalized spacial score (nSPS) is 10.5. The van der Waals surface area contributed by atoms with Gasteiger partial charge in [0.2, 0.25) is 0 Å². The Morgan fingerprint density at radius 3 is 2.67 bits per heavy atom. The summed E-state index contributed by atoms with van der Waals surface area (Å²) in [6.45, 7) is 2.49. The molecule has 112 valence electrons. The minimum Gasteiger partial charge on any atom is -0.368 e. The lowest BCUT2D eigenvalue weighted by atomic mass is 10.3. The maximum Gasteiger partial charge on any atom is 0.169 e. The number of rotatable bonds is 5. The Kier molecular flexibility index (Phi) is 5.36. The van der Waals surface area contributed by atoms with Crippen LogP contribution in [0.2, 0.25) is 5.02 Å². The van der Waals surface area contributed by atoms with Crippen LogP contribution in [0.4, 0.5) is 26.1 Å². The quantitative estimate of drug-likeness (QED) is 0.739. The Morgan fingerprint density at radius 1 is 1.24 bits per heavy atom. The molecule has 0 atom stereocenters. The number of hydrogen-bond donors (Lipinski definition) is 2. The second kappa shape index (κ2) is 7.04. The minimum absolute atomic E-state index is 0.0129. The van der Waals surface area contributed by atoms with E-state index in [2.05, 4.69) is 31.5 Å². The molecule has 2 N–H and O–H groups in total. The van der Waals surface area contributed by atoms with E-state index in [1.165, 1.54) is 0 Å². The van der Waals surface area contributed by atoms with Gasteiger partial charge < -0.3 is 10.6 Å². The van der Waals surface area contributed by atoms with Gasteiger partial charge >= 0.3 is 0 Å². The van der Waals surface area contributed by atoms with Gasteiger partial charge in [0.1, 0.15) is 0 Å². The highest BCUT2D eigenvalue weighted by atomic mass is 79.9. The summed E-state index contributed by atoms with van der Waals surface area (Å²) in [5.41, 5.74) is 0.543. The van der Waals surface area contributed by atoms with E-state index in [0.29, 0.717) is 21.7 Å². The van der Waals surface area contributed by atoms with E-state index >= 15 is 0 Å². The summed E-state index contributed by atoms with van der Waals surface area (Å²) in [4.78, 5) is 3.94. The summed E-state index contributed by atoms with van der Waals surface area (Å²) in [6, 6.07) is 5.91. The molecule has 1 heterocycles. The highest BCUT2D eigenvalue weighted by molar-refractivity contribution is 9.10. The summed E-state index contributed by atoms with van der Waals surface area (Å²) in [5.74, 6) is -1.56. The molecule has 0 fully saturated rings. The van der Waals surface area contributed by atoms with Crippen LogP contribution in [0.3, 0.4) is 0 Å². The van der Waals surface area contributed by atoms with E-state index in [-0.39, 0.29) is 11.6 Å². The summed E-state index contributed by atoms with van der Waals surface area (Å²) in [7, 11) is 0. The zero-order chi connectivity index (χ0) is 15.4. The molecular weight excluding hydrogens is 364 g/mol. The summed E-state index contributed by atoms with van der Waals surface area (Å²) in [6.07, 6.45) is 0.807. The van der Waals surface area contributed by atoms with Gasteiger partial charge in [-0.15, -0.1) is 0 Å². The summed E-state index contributed by atoms with van der Waals surface area (Å²) in [5, 5.41) is 6.09. The fourth-order valence-corrected chi connectivity index (χ4v) is 2.19. The number of hydrogen-bond acceptors (Lipinski definition) is 3. The van der Waals surface area contributed by atoms with E-state index in [1.54, 1.807) is 18.2 Å². The maximum absolute atomic E-state index is 13.8. The third-order valence-corrected chi connectivity index (χ3v) is 4.07. The Balaban J connectivity index is 2.33. The molecule has 0 unspecified atom stereocenters. The van der Waals surface area contributed by atoms with Gasteiger partial charge in [-0.3, -0.25) is 0 Å². The zero-order valence-corrected chi connectivity index (χ0v) is 13.5. The number of nitrogens with one attached hydrogen (secondary N) is 2. The first-order chi connectivity index (χ1) is 10.0. The maximum atomic E-state index is 13.8.